The monoisotopic (exact) mass is 268 g/mol. The van der Waals surface area contributed by atoms with E-state index in [4.69, 9.17) is 0 Å². The van der Waals surface area contributed by atoms with Gasteiger partial charge in [0.05, 0.1) is 0 Å². The van der Waals surface area contributed by atoms with Crippen molar-refractivity contribution >= 4 is 15.9 Å². The topological polar surface area (TPSA) is 20.2 Å². The van der Waals surface area contributed by atoms with Crippen LogP contribution in [-0.2, 0) is 6.42 Å². The van der Waals surface area contributed by atoms with Gasteiger partial charge in [-0.25, -0.2) is 0 Å². The average Bonchev–Trinajstić information content (AvgIpc) is 2.25. The summed E-state index contributed by atoms with van der Waals surface area (Å²) in [7, 11) is 0. The predicted octanol–water partition coefficient (Wildman–Crippen LogP) is 4.28. The molecule has 0 aliphatic heterocycles. The zero-order valence-electron chi connectivity index (χ0n) is 8.88. The van der Waals surface area contributed by atoms with Crippen molar-refractivity contribution in [3.63, 3.8) is 0 Å². The van der Waals surface area contributed by atoms with E-state index in [0.717, 1.165) is 16.8 Å². The van der Waals surface area contributed by atoms with Crippen LogP contribution in [0.15, 0.2) is 22.7 Å². The van der Waals surface area contributed by atoms with Gasteiger partial charge in [-0.15, -0.1) is 0 Å². The molecule has 0 bridgehead atoms. The van der Waals surface area contributed by atoms with Crippen molar-refractivity contribution in [1.82, 2.24) is 0 Å². The molecular weight excluding hydrogens is 252 g/mol. The summed E-state index contributed by atoms with van der Waals surface area (Å²) in [6, 6.07) is 5.56. The first-order chi connectivity index (χ1) is 7.25. The minimum absolute atomic E-state index is 0.379. The van der Waals surface area contributed by atoms with Gasteiger partial charge in [0.2, 0.25) is 0 Å². The number of rotatable bonds is 2. The Morgan fingerprint density at radius 2 is 1.93 bits per heavy atom. The SMILES string of the molecule is Oc1ccc(Br)c(CC2CCCCC2)c1. The zero-order valence-corrected chi connectivity index (χ0v) is 10.5. The van der Waals surface area contributed by atoms with Gasteiger partial charge in [-0.05, 0) is 36.1 Å². The van der Waals surface area contributed by atoms with Gasteiger partial charge in [0.15, 0.2) is 0 Å². The molecule has 82 valence electrons. The molecule has 1 aliphatic carbocycles. The molecule has 2 rings (SSSR count). The molecule has 1 aliphatic rings. The molecule has 0 atom stereocenters. The smallest absolute Gasteiger partial charge is 0.115 e. The first-order valence-corrected chi connectivity index (χ1v) is 6.52. The minimum atomic E-state index is 0.379. The van der Waals surface area contributed by atoms with E-state index in [-0.39, 0.29) is 0 Å². The molecule has 15 heavy (non-hydrogen) atoms. The van der Waals surface area contributed by atoms with Gasteiger partial charge in [-0.3, -0.25) is 0 Å². The Bertz CT molecular complexity index is 329. The van der Waals surface area contributed by atoms with E-state index in [0.29, 0.717) is 5.75 Å². The van der Waals surface area contributed by atoms with Crippen LogP contribution >= 0.6 is 15.9 Å². The lowest BCUT2D eigenvalue weighted by Crippen LogP contribution is -2.09. The van der Waals surface area contributed by atoms with Crippen LogP contribution in [0.2, 0.25) is 0 Å². The minimum Gasteiger partial charge on any atom is -0.508 e. The number of phenols is 1. The van der Waals surface area contributed by atoms with E-state index in [9.17, 15) is 5.11 Å². The molecule has 0 radical (unpaired) electrons. The van der Waals surface area contributed by atoms with E-state index in [1.165, 1.54) is 37.7 Å². The fourth-order valence-electron chi connectivity index (χ4n) is 2.42. The van der Waals surface area contributed by atoms with Gasteiger partial charge in [0.1, 0.15) is 5.75 Å². The predicted molar refractivity (Wildman–Crippen MR) is 66.1 cm³/mol. The highest BCUT2D eigenvalue weighted by molar-refractivity contribution is 9.10. The Morgan fingerprint density at radius 3 is 2.67 bits per heavy atom. The largest absolute Gasteiger partial charge is 0.508 e. The second-order valence-electron chi connectivity index (χ2n) is 4.48. The number of benzene rings is 1. The van der Waals surface area contributed by atoms with Crippen molar-refractivity contribution in [3.05, 3.63) is 28.2 Å². The Balaban J connectivity index is 2.05. The van der Waals surface area contributed by atoms with Gasteiger partial charge in [-0.1, -0.05) is 48.0 Å². The molecule has 0 saturated heterocycles. The number of hydrogen-bond acceptors (Lipinski definition) is 1. The zero-order chi connectivity index (χ0) is 10.7. The molecule has 0 amide bonds. The van der Waals surface area contributed by atoms with Crippen LogP contribution < -0.4 is 0 Å². The van der Waals surface area contributed by atoms with Crippen LogP contribution in [0.1, 0.15) is 37.7 Å². The molecule has 0 spiro atoms. The lowest BCUT2D eigenvalue weighted by atomic mass is 9.85. The first kappa shape index (κ1) is 11.0. The van der Waals surface area contributed by atoms with Crippen molar-refractivity contribution in [2.75, 3.05) is 0 Å². The van der Waals surface area contributed by atoms with Gasteiger partial charge in [0, 0.05) is 4.47 Å². The van der Waals surface area contributed by atoms with Crippen LogP contribution in [0, 0.1) is 5.92 Å². The molecule has 1 fully saturated rings. The molecule has 1 saturated carbocycles. The van der Waals surface area contributed by atoms with Crippen LogP contribution in [0.4, 0.5) is 0 Å². The van der Waals surface area contributed by atoms with Crippen molar-refractivity contribution < 1.29 is 5.11 Å². The molecular formula is C13H17BrO. The molecule has 1 aromatic rings. The molecule has 0 heterocycles. The van der Waals surface area contributed by atoms with Crippen molar-refractivity contribution in [2.45, 2.75) is 38.5 Å². The Morgan fingerprint density at radius 1 is 1.20 bits per heavy atom. The standard InChI is InChI=1S/C13H17BrO/c14-13-7-6-12(15)9-11(13)8-10-4-2-1-3-5-10/h6-7,9-10,15H,1-5,8H2. The lowest BCUT2D eigenvalue weighted by molar-refractivity contribution is 0.356. The van der Waals surface area contributed by atoms with Gasteiger partial charge < -0.3 is 5.11 Å². The van der Waals surface area contributed by atoms with E-state index in [2.05, 4.69) is 15.9 Å². The second kappa shape index (κ2) is 5.02. The third-order valence-corrected chi connectivity index (χ3v) is 4.04. The van der Waals surface area contributed by atoms with E-state index in [1.807, 2.05) is 12.1 Å². The quantitative estimate of drug-likeness (QED) is 0.849. The van der Waals surface area contributed by atoms with E-state index in [1.54, 1.807) is 6.07 Å². The highest BCUT2D eigenvalue weighted by Gasteiger charge is 2.15. The molecule has 1 N–H and O–H groups in total. The van der Waals surface area contributed by atoms with Crippen LogP contribution in [0.25, 0.3) is 0 Å². The summed E-state index contributed by atoms with van der Waals surface area (Å²) in [5, 5.41) is 9.45. The molecule has 1 nitrogen and oxygen atoms in total. The fraction of sp³-hybridized carbons (Fsp3) is 0.538. The third-order valence-electron chi connectivity index (χ3n) is 3.26. The maximum Gasteiger partial charge on any atom is 0.115 e. The maximum atomic E-state index is 9.45. The highest BCUT2D eigenvalue weighted by Crippen LogP contribution is 2.30. The second-order valence-corrected chi connectivity index (χ2v) is 5.34. The van der Waals surface area contributed by atoms with Crippen LogP contribution in [0.5, 0.6) is 5.75 Å². The number of halogens is 1. The molecule has 1 aromatic carbocycles. The Kier molecular flexibility index (Phi) is 3.68. The number of hydrogen-bond donors (Lipinski definition) is 1. The summed E-state index contributed by atoms with van der Waals surface area (Å²) >= 11 is 3.55. The average molecular weight is 269 g/mol. The van der Waals surface area contributed by atoms with Crippen molar-refractivity contribution in [2.24, 2.45) is 5.92 Å². The van der Waals surface area contributed by atoms with Crippen molar-refractivity contribution in [1.29, 1.82) is 0 Å². The molecule has 0 aromatic heterocycles. The lowest BCUT2D eigenvalue weighted by Gasteiger charge is -2.22. The summed E-state index contributed by atoms with van der Waals surface area (Å²) in [6.45, 7) is 0. The first-order valence-electron chi connectivity index (χ1n) is 5.73. The summed E-state index contributed by atoms with van der Waals surface area (Å²) in [4.78, 5) is 0. The van der Waals surface area contributed by atoms with Crippen LogP contribution in [0.3, 0.4) is 0 Å². The number of aromatic hydroxyl groups is 1. The normalized spacial score (nSPS) is 17.9. The fourth-order valence-corrected chi connectivity index (χ4v) is 2.83. The Labute approximate surface area is 99.6 Å². The van der Waals surface area contributed by atoms with E-state index >= 15 is 0 Å². The summed E-state index contributed by atoms with van der Waals surface area (Å²) in [5.74, 6) is 1.20. The summed E-state index contributed by atoms with van der Waals surface area (Å²) < 4.78 is 1.13. The third kappa shape index (κ3) is 2.97. The van der Waals surface area contributed by atoms with E-state index < -0.39 is 0 Å². The summed E-state index contributed by atoms with van der Waals surface area (Å²) in [6.07, 6.45) is 7.96. The summed E-state index contributed by atoms with van der Waals surface area (Å²) in [5.41, 5.74) is 1.25. The van der Waals surface area contributed by atoms with Gasteiger partial charge >= 0.3 is 0 Å². The Hall–Kier alpha value is -0.500. The maximum absolute atomic E-state index is 9.45. The van der Waals surface area contributed by atoms with Crippen LogP contribution in [-0.4, -0.2) is 5.11 Å². The van der Waals surface area contributed by atoms with Gasteiger partial charge in [0.25, 0.3) is 0 Å². The van der Waals surface area contributed by atoms with Crippen molar-refractivity contribution in [3.8, 4) is 5.75 Å². The van der Waals surface area contributed by atoms with Gasteiger partial charge in [-0.2, -0.15) is 0 Å². The number of phenolic OH excluding ortho intramolecular Hbond substituents is 1. The highest BCUT2D eigenvalue weighted by atomic mass is 79.9. The molecule has 0 unspecified atom stereocenters. The molecule has 2 heteroatoms.